The van der Waals surface area contributed by atoms with Gasteiger partial charge in [0.1, 0.15) is 5.01 Å². The normalized spacial score (nSPS) is 10.6. The zero-order valence-electron chi connectivity index (χ0n) is 14.9. The molecule has 3 rings (SSSR count). The number of urea groups is 1. The molecule has 10 nitrogen and oxygen atoms in total. The van der Waals surface area contributed by atoms with Crippen LogP contribution >= 0.6 is 11.3 Å². The zero-order chi connectivity index (χ0) is 20.6. The minimum atomic E-state index is -0.467. The summed E-state index contributed by atoms with van der Waals surface area (Å²) in [6.07, 6.45) is 1.25. The Hall–Kier alpha value is -3.99. The number of amides is 3. The maximum absolute atomic E-state index is 11.9. The summed E-state index contributed by atoms with van der Waals surface area (Å²) in [5.41, 5.74) is 3.45. The fraction of sp³-hybridized carbons (Fsp3) is 0.0556. The van der Waals surface area contributed by atoms with Gasteiger partial charge in [-0.05, 0) is 35.9 Å². The van der Waals surface area contributed by atoms with Gasteiger partial charge in [-0.3, -0.25) is 10.1 Å². The van der Waals surface area contributed by atoms with Crippen molar-refractivity contribution in [2.75, 3.05) is 10.6 Å². The Morgan fingerprint density at radius 1 is 1.03 bits per heavy atom. The lowest BCUT2D eigenvalue weighted by Gasteiger charge is -2.03. The van der Waals surface area contributed by atoms with Gasteiger partial charge in [0.15, 0.2) is 11.5 Å². The first-order chi connectivity index (χ1) is 14.0. The molecule has 0 spiro atoms. The van der Waals surface area contributed by atoms with Crippen molar-refractivity contribution in [2.45, 2.75) is 6.42 Å². The molecule has 0 aliphatic heterocycles. The number of aromatic nitrogens is 2. The molecule has 3 amide bonds. The molecule has 3 aromatic rings. The van der Waals surface area contributed by atoms with E-state index in [2.05, 4.69) is 31.4 Å². The Morgan fingerprint density at radius 2 is 1.83 bits per heavy atom. The van der Waals surface area contributed by atoms with Crippen LogP contribution in [-0.2, 0) is 11.2 Å². The number of hydrogen-bond acceptors (Lipinski definition) is 8. The van der Waals surface area contributed by atoms with E-state index in [1.807, 2.05) is 6.07 Å². The van der Waals surface area contributed by atoms with Gasteiger partial charge in [0.25, 0.3) is 0 Å². The molecular weight excluding hydrogens is 396 g/mol. The number of nitrogens with one attached hydrogen (secondary N) is 3. The van der Waals surface area contributed by atoms with Crippen LogP contribution in [0.3, 0.4) is 0 Å². The number of carbonyl (C=O) groups is 2. The van der Waals surface area contributed by atoms with Crippen molar-refractivity contribution in [2.24, 2.45) is 5.10 Å². The number of nitrogens with zero attached hydrogens (tertiary/aromatic N) is 3. The molecule has 0 atom stereocenters. The third-order valence-corrected chi connectivity index (χ3v) is 4.27. The average Bonchev–Trinajstić information content (AvgIpc) is 3.12. The van der Waals surface area contributed by atoms with Crippen LogP contribution in [0.15, 0.2) is 53.6 Å². The zero-order valence-corrected chi connectivity index (χ0v) is 15.7. The van der Waals surface area contributed by atoms with Gasteiger partial charge in [-0.15, -0.1) is 10.2 Å². The van der Waals surface area contributed by atoms with E-state index >= 15 is 0 Å². The first-order valence-electron chi connectivity index (χ1n) is 8.29. The number of hydrogen-bond donors (Lipinski definition) is 5. The van der Waals surface area contributed by atoms with Crippen molar-refractivity contribution in [1.82, 2.24) is 15.6 Å². The largest absolute Gasteiger partial charge is 0.504 e. The maximum atomic E-state index is 11.9. The predicted octanol–water partition coefficient (Wildman–Crippen LogP) is 2.29. The summed E-state index contributed by atoms with van der Waals surface area (Å²) in [7, 11) is 0. The van der Waals surface area contributed by atoms with Crippen molar-refractivity contribution in [3.05, 3.63) is 59.1 Å². The van der Waals surface area contributed by atoms with E-state index in [-0.39, 0.29) is 23.1 Å². The first-order valence-corrected chi connectivity index (χ1v) is 9.10. The van der Waals surface area contributed by atoms with Crippen LogP contribution in [0.1, 0.15) is 10.6 Å². The first kappa shape index (κ1) is 19.8. The number of phenolic OH excluding ortho intramolecular Hbond substituents is 2. The summed E-state index contributed by atoms with van der Waals surface area (Å²) < 4.78 is 0. The Morgan fingerprint density at radius 3 is 2.59 bits per heavy atom. The second-order valence-corrected chi connectivity index (χ2v) is 6.73. The second kappa shape index (κ2) is 9.28. The number of anilines is 2. The number of hydrazone groups is 1. The Balaban J connectivity index is 1.47. The van der Waals surface area contributed by atoms with Crippen molar-refractivity contribution in [3.63, 3.8) is 0 Å². The summed E-state index contributed by atoms with van der Waals surface area (Å²) in [4.78, 5) is 23.8. The molecule has 0 aliphatic rings. The summed E-state index contributed by atoms with van der Waals surface area (Å²) in [5, 5.41) is 35.9. The van der Waals surface area contributed by atoms with Gasteiger partial charge in [0, 0.05) is 5.69 Å². The summed E-state index contributed by atoms with van der Waals surface area (Å²) in [6, 6.07) is 12.6. The quantitative estimate of drug-likeness (QED) is 0.238. The lowest BCUT2D eigenvalue weighted by atomic mass is 10.2. The number of rotatable bonds is 6. The van der Waals surface area contributed by atoms with Crippen LogP contribution in [0.2, 0.25) is 0 Å². The predicted molar refractivity (Wildman–Crippen MR) is 108 cm³/mol. The summed E-state index contributed by atoms with van der Waals surface area (Å²) in [6.45, 7) is 0. The molecule has 29 heavy (non-hydrogen) atoms. The van der Waals surface area contributed by atoms with Gasteiger partial charge in [0.05, 0.1) is 12.6 Å². The molecule has 0 aliphatic carbocycles. The number of para-hydroxylation sites is 1. The molecule has 0 fully saturated rings. The van der Waals surface area contributed by atoms with Crippen LogP contribution in [-0.4, -0.2) is 38.6 Å². The van der Waals surface area contributed by atoms with E-state index in [0.29, 0.717) is 16.3 Å². The highest BCUT2D eigenvalue weighted by atomic mass is 32.1. The van der Waals surface area contributed by atoms with Gasteiger partial charge in [-0.25, -0.2) is 10.2 Å². The molecule has 5 N–H and O–H groups in total. The SMILES string of the molecule is O=C(Cc1nnc(NC(=O)Nc2ccccc2)s1)N/N=C\c1ccc(O)c(O)c1. The highest BCUT2D eigenvalue weighted by molar-refractivity contribution is 7.15. The fourth-order valence-corrected chi connectivity index (χ4v) is 2.87. The maximum Gasteiger partial charge on any atom is 0.325 e. The molecule has 1 aromatic heterocycles. The topological polar surface area (TPSA) is 149 Å². The van der Waals surface area contributed by atoms with Crippen LogP contribution in [0, 0.1) is 0 Å². The highest BCUT2D eigenvalue weighted by Gasteiger charge is 2.11. The highest BCUT2D eigenvalue weighted by Crippen LogP contribution is 2.24. The summed E-state index contributed by atoms with van der Waals surface area (Å²) >= 11 is 1.07. The Kier molecular flexibility index (Phi) is 6.32. The van der Waals surface area contributed by atoms with E-state index in [4.69, 9.17) is 0 Å². The molecule has 0 unspecified atom stereocenters. The molecule has 0 saturated heterocycles. The number of phenols is 2. The van der Waals surface area contributed by atoms with Crippen molar-refractivity contribution >= 4 is 40.3 Å². The number of aromatic hydroxyl groups is 2. The minimum absolute atomic E-state index is 0.0716. The van der Waals surface area contributed by atoms with Crippen molar-refractivity contribution in [3.8, 4) is 11.5 Å². The molecular formula is C18H16N6O4S. The molecule has 11 heteroatoms. The van der Waals surface area contributed by atoms with E-state index in [1.54, 1.807) is 24.3 Å². The third kappa shape index (κ3) is 6.01. The molecule has 0 radical (unpaired) electrons. The van der Waals surface area contributed by atoms with Gasteiger partial charge in [-0.2, -0.15) is 5.10 Å². The van der Waals surface area contributed by atoms with E-state index in [1.165, 1.54) is 24.4 Å². The number of carbonyl (C=O) groups excluding carboxylic acids is 2. The second-order valence-electron chi connectivity index (χ2n) is 5.66. The van der Waals surface area contributed by atoms with E-state index < -0.39 is 11.9 Å². The monoisotopic (exact) mass is 412 g/mol. The van der Waals surface area contributed by atoms with Gasteiger partial charge < -0.3 is 15.5 Å². The van der Waals surface area contributed by atoms with Crippen LogP contribution in [0.4, 0.5) is 15.6 Å². The Labute approximate surface area is 168 Å². The Bertz CT molecular complexity index is 1040. The van der Waals surface area contributed by atoms with Gasteiger partial charge >= 0.3 is 6.03 Å². The minimum Gasteiger partial charge on any atom is -0.504 e. The smallest absolute Gasteiger partial charge is 0.325 e. The molecule has 0 bridgehead atoms. The van der Waals surface area contributed by atoms with Crippen molar-refractivity contribution < 1.29 is 19.8 Å². The molecule has 2 aromatic carbocycles. The van der Waals surface area contributed by atoms with Crippen LogP contribution in [0.25, 0.3) is 0 Å². The van der Waals surface area contributed by atoms with Crippen LogP contribution < -0.4 is 16.1 Å². The van der Waals surface area contributed by atoms with E-state index in [0.717, 1.165) is 11.3 Å². The number of benzene rings is 2. The van der Waals surface area contributed by atoms with Gasteiger partial charge in [-0.1, -0.05) is 29.5 Å². The fourth-order valence-electron chi connectivity index (χ4n) is 2.13. The van der Waals surface area contributed by atoms with E-state index in [9.17, 15) is 19.8 Å². The average molecular weight is 412 g/mol. The van der Waals surface area contributed by atoms with Crippen LogP contribution in [0.5, 0.6) is 11.5 Å². The molecule has 0 saturated carbocycles. The molecule has 1 heterocycles. The third-order valence-electron chi connectivity index (χ3n) is 3.43. The standard InChI is InChI=1S/C18H16N6O4S/c25-13-7-6-11(8-14(13)26)10-19-22-15(27)9-16-23-24-18(29-16)21-17(28)20-12-4-2-1-3-5-12/h1-8,10,25-26H,9H2,(H,22,27)(H2,20,21,24,28)/b19-10-. The summed E-state index contributed by atoms with van der Waals surface area (Å²) in [5.74, 6) is -0.963. The molecule has 148 valence electrons. The lowest BCUT2D eigenvalue weighted by molar-refractivity contribution is -0.120. The lowest BCUT2D eigenvalue weighted by Crippen LogP contribution is -2.19. The van der Waals surface area contributed by atoms with Crippen molar-refractivity contribution in [1.29, 1.82) is 0 Å². The van der Waals surface area contributed by atoms with Gasteiger partial charge in [0.2, 0.25) is 11.0 Å².